The van der Waals surface area contributed by atoms with E-state index in [4.69, 9.17) is 9.47 Å². The fraction of sp³-hybridized carbons (Fsp3) is 0.150. The van der Waals surface area contributed by atoms with Gasteiger partial charge >= 0.3 is 0 Å². The molecule has 0 unspecified atom stereocenters. The SMILES string of the molecule is COc1ccc(C(=O)N(Cc2cccs2)c2cccc(OC)c2)cc1. The van der Waals surface area contributed by atoms with E-state index in [-0.39, 0.29) is 5.91 Å². The molecule has 128 valence electrons. The first-order valence-corrected chi connectivity index (χ1v) is 8.71. The van der Waals surface area contributed by atoms with Crippen LogP contribution in [0.1, 0.15) is 15.2 Å². The van der Waals surface area contributed by atoms with Crippen LogP contribution in [0.4, 0.5) is 5.69 Å². The first-order valence-electron chi connectivity index (χ1n) is 7.83. The summed E-state index contributed by atoms with van der Waals surface area (Å²) in [4.78, 5) is 16.0. The van der Waals surface area contributed by atoms with E-state index < -0.39 is 0 Å². The van der Waals surface area contributed by atoms with Crippen molar-refractivity contribution >= 4 is 22.9 Å². The molecule has 0 aliphatic carbocycles. The summed E-state index contributed by atoms with van der Waals surface area (Å²) in [6, 6.07) is 18.7. The molecule has 0 atom stereocenters. The van der Waals surface area contributed by atoms with E-state index in [2.05, 4.69) is 0 Å². The number of thiophene rings is 1. The van der Waals surface area contributed by atoms with Gasteiger partial charge in [0.1, 0.15) is 11.5 Å². The van der Waals surface area contributed by atoms with Gasteiger partial charge in [0.2, 0.25) is 0 Å². The van der Waals surface area contributed by atoms with Gasteiger partial charge in [-0.15, -0.1) is 11.3 Å². The van der Waals surface area contributed by atoms with Crippen LogP contribution in [0.3, 0.4) is 0 Å². The molecule has 0 bridgehead atoms. The van der Waals surface area contributed by atoms with Crippen molar-refractivity contribution in [2.75, 3.05) is 19.1 Å². The molecule has 0 aliphatic rings. The molecule has 0 saturated carbocycles. The molecule has 0 radical (unpaired) electrons. The summed E-state index contributed by atoms with van der Waals surface area (Å²) in [6.07, 6.45) is 0. The average molecular weight is 353 g/mol. The summed E-state index contributed by atoms with van der Waals surface area (Å²) in [6.45, 7) is 0.510. The van der Waals surface area contributed by atoms with Crippen molar-refractivity contribution in [3.05, 3.63) is 76.5 Å². The number of amides is 1. The zero-order chi connectivity index (χ0) is 17.6. The lowest BCUT2D eigenvalue weighted by Crippen LogP contribution is -2.30. The topological polar surface area (TPSA) is 38.8 Å². The number of anilines is 1. The molecular weight excluding hydrogens is 334 g/mol. The van der Waals surface area contributed by atoms with Gasteiger partial charge in [-0.2, -0.15) is 0 Å². The molecule has 0 saturated heterocycles. The van der Waals surface area contributed by atoms with E-state index in [0.29, 0.717) is 12.1 Å². The molecule has 3 aromatic rings. The van der Waals surface area contributed by atoms with Crippen molar-refractivity contribution < 1.29 is 14.3 Å². The van der Waals surface area contributed by atoms with Crippen LogP contribution in [-0.4, -0.2) is 20.1 Å². The molecule has 5 heteroatoms. The largest absolute Gasteiger partial charge is 0.497 e. The Bertz CT molecular complexity index is 828. The minimum atomic E-state index is -0.0655. The maximum Gasteiger partial charge on any atom is 0.258 e. The molecule has 1 amide bonds. The number of carbonyl (C=O) groups excluding carboxylic acids is 1. The molecule has 2 aromatic carbocycles. The average Bonchev–Trinajstić information content (AvgIpc) is 3.19. The predicted molar refractivity (Wildman–Crippen MR) is 101 cm³/mol. The van der Waals surface area contributed by atoms with Gasteiger partial charge in [-0.1, -0.05) is 12.1 Å². The molecule has 0 N–H and O–H groups in total. The van der Waals surface area contributed by atoms with Gasteiger partial charge in [0.05, 0.1) is 20.8 Å². The third-order valence-corrected chi connectivity index (χ3v) is 4.70. The highest BCUT2D eigenvalue weighted by Gasteiger charge is 2.19. The number of ether oxygens (including phenoxy) is 2. The lowest BCUT2D eigenvalue weighted by molar-refractivity contribution is 0.0985. The van der Waals surface area contributed by atoms with Crippen LogP contribution in [0.5, 0.6) is 11.5 Å². The maximum absolute atomic E-state index is 13.1. The molecule has 1 heterocycles. The van der Waals surface area contributed by atoms with Crippen LogP contribution in [0.2, 0.25) is 0 Å². The highest BCUT2D eigenvalue weighted by atomic mass is 32.1. The van der Waals surface area contributed by atoms with Crippen LogP contribution < -0.4 is 14.4 Å². The van der Waals surface area contributed by atoms with Crippen LogP contribution in [-0.2, 0) is 6.54 Å². The van der Waals surface area contributed by atoms with Gasteiger partial charge in [-0.05, 0) is 47.8 Å². The zero-order valence-electron chi connectivity index (χ0n) is 14.1. The summed E-state index contributed by atoms with van der Waals surface area (Å²) in [5.41, 5.74) is 1.41. The number of methoxy groups -OCH3 is 2. The van der Waals surface area contributed by atoms with Gasteiger partial charge in [-0.25, -0.2) is 0 Å². The Hall–Kier alpha value is -2.79. The van der Waals surface area contributed by atoms with Crippen molar-refractivity contribution in [3.8, 4) is 11.5 Å². The Morgan fingerprint density at radius 3 is 2.36 bits per heavy atom. The van der Waals surface area contributed by atoms with Crippen molar-refractivity contribution in [3.63, 3.8) is 0 Å². The number of carbonyl (C=O) groups is 1. The van der Waals surface area contributed by atoms with Crippen LogP contribution in [0, 0.1) is 0 Å². The van der Waals surface area contributed by atoms with Crippen LogP contribution in [0.25, 0.3) is 0 Å². The Kier molecular flexibility index (Phi) is 5.36. The monoisotopic (exact) mass is 353 g/mol. The van der Waals surface area contributed by atoms with Crippen molar-refractivity contribution in [1.82, 2.24) is 0 Å². The van der Waals surface area contributed by atoms with Gasteiger partial charge in [0, 0.05) is 22.2 Å². The standard InChI is InChI=1S/C20H19NO3S/c1-23-17-10-8-15(9-11-17)20(22)21(14-19-7-4-12-25-19)16-5-3-6-18(13-16)24-2/h3-13H,14H2,1-2H3. The maximum atomic E-state index is 13.1. The lowest BCUT2D eigenvalue weighted by Gasteiger charge is -2.23. The Balaban J connectivity index is 1.95. The summed E-state index contributed by atoms with van der Waals surface area (Å²) >= 11 is 1.63. The number of benzene rings is 2. The van der Waals surface area contributed by atoms with Gasteiger partial charge < -0.3 is 14.4 Å². The Labute approximate surface area is 151 Å². The second kappa shape index (κ2) is 7.85. The predicted octanol–water partition coefficient (Wildman–Crippen LogP) is 4.61. The van der Waals surface area contributed by atoms with Gasteiger partial charge in [-0.3, -0.25) is 4.79 Å². The first-order chi connectivity index (χ1) is 12.2. The van der Waals surface area contributed by atoms with E-state index in [1.807, 2.05) is 41.8 Å². The lowest BCUT2D eigenvalue weighted by atomic mass is 10.1. The van der Waals surface area contributed by atoms with Crippen LogP contribution in [0.15, 0.2) is 66.0 Å². The summed E-state index contributed by atoms with van der Waals surface area (Å²) < 4.78 is 10.5. The van der Waals surface area contributed by atoms with Crippen LogP contribution >= 0.6 is 11.3 Å². The molecule has 3 rings (SSSR count). The third kappa shape index (κ3) is 4.00. The smallest absolute Gasteiger partial charge is 0.258 e. The molecule has 4 nitrogen and oxygen atoms in total. The van der Waals surface area contributed by atoms with Gasteiger partial charge in [0.25, 0.3) is 5.91 Å². The number of hydrogen-bond donors (Lipinski definition) is 0. The molecular formula is C20H19NO3S. The minimum Gasteiger partial charge on any atom is -0.497 e. The summed E-state index contributed by atoms with van der Waals surface area (Å²) in [7, 11) is 3.23. The number of hydrogen-bond acceptors (Lipinski definition) is 4. The van der Waals surface area contributed by atoms with E-state index in [1.54, 1.807) is 54.7 Å². The molecule has 0 aliphatic heterocycles. The van der Waals surface area contributed by atoms with E-state index in [1.165, 1.54) is 0 Å². The minimum absolute atomic E-state index is 0.0655. The Morgan fingerprint density at radius 2 is 1.72 bits per heavy atom. The van der Waals surface area contributed by atoms with E-state index in [0.717, 1.165) is 22.1 Å². The summed E-state index contributed by atoms with van der Waals surface area (Å²) in [5, 5.41) is 2.01. The van der Waals surface area contributed by atoms with Crippen molar-refractivity contribution in [2.45, 2.75) is 6.54 Å². The zero-order valence-corrected chi connectivity index (χ0v) is 15.0. The highest BCUT2D eigenvalue weighted by molar-refractivity contribution is 7.09. The molecule has 0 spiro atoms. The second-order valence-electron chi connectivity index (χ2n) is 5.40. The first kappa shape index (κ1) is 17.0. The summed E-state index contributed by atoms with van der Waals surface area (Å²) in [5.74, 6) is 1.38. The third-order valence-electron chi connectivity index (χ3n) is 3.84. The fourth-order valence-electron chi connectivity index (χ4n) is 2.51. The fourth-order valence-corrected chi connectivity index (χ4v) is 3.20. The second-order valence-corrected chi connectivity index (χ2v) is 6.43. The Morgan fingerprint density at radius 1 is 0.960 bits per heavy atom. The van der Waals surface area contributed by atoms with Gasteiger partial charge in [0.15, 0.2) is 0 Å². The van der Waals surface area contributed by atoms with Crippen molar-refractivity contribution in [2.24, 2.45) is 0 Å². The van der Waals surface area contributed by atoms with E-state index in [9.17, 15) is 4.79 Å². The van der Waals surface area contributed by atoms with E-state index >= 15 is 0 Å². The molecule has 25 heavy (non-hydrogen) atoms. The van der Waals surface area contributed by atoms with Crippen molar-refractivity contribution in [1.29, 1.82) is 0 Å². The molecule has 1 aromatic heterocycles. The quantitative estimate of drug-likeness (QED) is 0.649. The number of nitrogens with zero attached hydrogens (tertiary/aromatic N) is 1. The normalized spacial score (nSPS) is 10.3. The molecule has 0 fully saturated rings. The number of rotatable bonds is 6. The highest BCUT2D eigenvalue weighted by Crippen LogP contribution is 2.26.